The van der Waals surface area contributed by atoms with Crippen molar-refractivity contribution in [2.75, 3.05) is 11.0 Å². The molecule has 1 heterocycles. The van der Waals surface area contributed by atoms with E-state index in [-0.39, 0.29) is 0 Å². The number of benzene rings is 2. The highest BCUT2D eigenvalue weighted by atomic mass is 32.2. The minimum absolute atomic E-state index is 0.526. The maximum absolute atomic E-state index is 11.5. The smallest absolute Gasteiger partial charge is 0.229 e. The van der Waals surface area contributed by atoms with Gasteiger partial charge in [-0.1, -0.05) is 54.6 Å². The Hall–Kier alpha value is -2.66. The number of sulfonamides is 1. The second-order valence-corrected chi connectivity index (χ2v) is 7.78. The fraction of sp³-hybridized carbons (Fsp3) is 0.150. The Morgan fingerprint density at radius 2 is 1.52 bits per heavy atom. The summed E-state index contributed by atoms with van der Waals surface area (Å²) in [4.78, 5) is 4.34. The molecule has 1 aromatic heterocycles. The number of aromatic nitrogens is 1. The monoisotopic (exact) mass is 352 g/mol. The molecule has 0 aliphatic rings. The van der Waals surface area contributed by atoms with Crippen LogP contribution < -0.4 is 4.72 Å². The minimum Gasteiger partial charge on any atom is -0.282 e. The van der Waals surface area contributed by atoms with Gasteiger partial charge in [0, 0.05) is 12.6 Å². The van der Waals surface area contributed by atoms with E-state index >= 15 is 0 Å². The van der Waals surface area contributed by atoms with Gasteiger partial charge < -0.3 is 0 Å². The molecule has 0 bridgehead atoms. The number of hydrogen-bond acceptors (Lipinski definition) is 3. The number of rotatable bonds is 6. The first-order valence-electron chi connectivity index (χ1n) is 8.03. The van der Waals surface area contributed by atoms with Crippen LogP contribution in [0.4, 0.5) is 5.69 Å². The first-order valence-corrected chi connectivity index (χ1v) is 9.92. The van der Waals surface area contributed by atoms with E-state index in [1.807, 2.05) is 30.3 Å². The van der Waals surface area contributed by atoms with Crippen LogP contribution in [-0.2, 0) is 22.9 Å². The average molecular weight is 352 g/mol. The van der Waals surface area contributed by atoms with Crippen molar-refractivity contribution in [3.63, 3.8) is 0 Å². The van der Waals surface area contributed by atoms with Gasteiger partial charge in [-0.05, 0) is 35.2 Å². The molecule has 5 heteroatoms. The highest BCUT2D eigenvalue weighted by Gasteiger charge is 2.09. The number of pyridine rings is 1. The molecule has 4 nitrogen and oxygen atoms in total. The van der Waals surface area contributed by atoms with Crippen molar-refractivity contribution in [2.24, 2.45) is 0 Å². The summed E-state index contributed by atoms with van der Waals surface area (Å²) < 4.78 is 25.6. The summed E-state index contributed by atoms with van der Waals surface area (Å²) in [5.74, 6) is 0. The maximum atomic E-state index is 11.5. The zero-order valence-corrected chi connectivity index (χ0v) is 14.8. The van der Waals surface area contributed by atoms with Gasteiger partial charge in [0.05, 0.1) is 17.6 Å². The first-order chi connectivity index (χ1) is 12.0. The summed E-state index contributed by atoms with van der Waals surface area (Å²) in [7, 11) is -3.33. The molecule has 0 amide bonds. The lowest BCUT2D eigenvalue weighted by atomic mass is 10.0. The van der Waals surface area contributed by atoms with Gasteiger partial charge in [-0.15, -0.1) is 0 Å². The van der Waals surface area contributed by atoms with Gasteiger partial charge in [-0.2, -0.15) is 0 Å². The molecule has 0 spiro atoms. The predicted molar refractivity (Wildman–Crippen MR) is 101 cm³/mol. The molecule has 0 atom stereocenters. The quantitative estimate of drug-likeness (QED) is 0.737. The van der Waals surface area contributed by atoms with Crippen LogP contribution in [0.25, 0.3) is 0 Å². The summed E-state index contributed by atoms with van der Waals surface area (Å²) in [6.07, 6.45) is 4.26. The molecule has 0 fully saturated rings. The lowest BCUT2D eigenvalue weighted by molar-refractivity contribution is 0.606. The second-order valence-electron chi connectivity index (χ2n) is 6.03. The van der Waals surface area contributed by atoms with Crippen LogP contribution in [0.5, 0.6) is 0 Å². The number of anilines is 1. The molecule has 0 aliphatic carbocycles. The Balaban J connectivity index is 1.81. The van der Waals surface area contributed by atoms with Crippen molar-refractivity contribution < 1.29 is 8.42 Å². The summed E-state index contributed by atoms with van der Waals surface area (Å²) in [5.41, 5.74) is 4.82. The standard InChI is InChI=1S/C20H20N2O2S/c1-25(23,24)22-19-11-6-12-21-20(19)15-18-10-5-9-17(14-18)13-16-7-3-2-4-8-16/h2-12,14,22H,13,15H2,1H3. The van der Waals surface area contributed by atoms with E-state index in [0.29, 0.717) is 17.8 Å². The molecular formula is C20H20N2O2S. The largest absolute Gasteiger partial charge is 0.282 e. The van der Waals surface area contributed by atoms with Gasteiger partial charge in [0.25, 0.3) is 0 Å². The fourth-order valence-electron chi connectivity index (χ4n) is 2.75. The van der Waals surface area contributed by atoms with E-state index in [1.165, 1.54) is 11.1 Å². The zero-order valence-electron chi connectivity index (χ0n) is 14.0. The Labute approximate surface area is 148 Å². The molecule has 3 aromatic rings. The van der Waals surface area contributed by atoms with E-state index in [1.54, 1.807) is 18.3 Å². The van der Waals surface area contributed by atoms with Gasteiger partial charge in [-0.25, -0.2) is 8.42 Å². The molecule has 0 radical (unpaired) electrons. The van der Waals surface area contributed by atoms with Crippen molar-refractivity contribution in [2.45, 2.75) is 12.8 Å². The summed E-state index contributed by atoms with van der Waals surface area (Å²) in [5, 5.41) is 0. The zero-order chi connectivity index (χ0) is 17.7. The minimum atomic E-state index is -3.33. The molecule has 2 aromatic carbocycles. The van der Waals surface area contributed by atoms with Crippen LogP contribution in [0.1, 0.15) is 22.4 Å². The van der Waals surface area contributed by atoms with E-state index in [2.05, 4.69) is 34.0 Å². The molecule has 0 saturated carbocycles. The maximum Gasteiger partial charge on any atom is 0.229 e. The number of nitrogens with one attached hydrogen (secondary N) is 1. The van der Waals surface area contributed by atoms with Crippen LogP contribution >= 0.6 is 0 Å². The first kappa shape index (κ1) is 17.2. The third kappa shape index (κ3) is 5.16. The molecular weight excluding hydrogens is 332 g/mol. The summed E-state index contributed by atoms with van der Waals surface area (Å²) in [6.45, 7) is 0. The molecule has 0 aliphatic heterocycles. The van der Waals surface area contributed by atoms with Gasteiger partial charge in [-0.3, -0.25) is 9.71 Å². The van der Waals surface area contributed by atoms with Crippen molar-refractivity contribution in [1.29, 1.82) is 0 Å². The van der Waals surface area contributed by atoms with Crippen molar-refractivity contribution >= 4 is 15.7 Å². The molecule has 25 heavy (non-hydrogen) atoms. The second kappa shape index (κ2) is 7.49. The topological polar surface area (TPSA) is 59.1 Å². The van der Waals surface area contributed by atoms with Crippen molar-refractivity contribution in [3.05, 3.63) is 95.3 Å². The van der Waals surface area contributed by atoms with E-state index < -0.39 is 10.0 Å². The fourth-order valence-corrected chi connectivity index (χ4v) is 3.33. The van der Waals surface area contributed by atoms with Gasteiger partial charge in [0.2, 0.25) is 10.0 Å². The highest BCUT2D eigenvalue weighted by molar-refractivity contribution is 7.92. The van der Waals surface area contributed by atoms with E-state index in [4.69, 9.17) is 0 Å². The summed E-state index contributed by atoms with van der Waals surface area (Å²) >= 11 is 0. The normalized spacial score (nSPS) is 11.2. The molecule has 0 saturated heterocycles. The van der Waals surface area contributed by atoms with Crippen LogP contribution in [-0.4, -0.2) is 19.7 Å². The Bertz CT molecular complexity index is 954. The van der Waals surface area contributed by atoms with E-state index in [9.17, 15) is 8.42 Å². The predicted octanol–water partition coefficient (Wildman–Crippen LogP) is 3.63. The Kier molecular flexibility index (Phi) is 5.14. The van der Waals surface area contributed by atoms with Crippen LogP contribution in [0.15, 0.2) is 72.9 Å². The number of nitrogens with zero attached hydrogens (tertiary/aromatic N) is 1. The Morgan fingerprint density at radius 1 is 0.840 bits per heavy atom. The van der Waals surface area contributed by atoms with Crippen LogP contribution in [0.2, 0.25) is 0 Å². The van der Waals surface area contributed by atoms with Gasteiger partial charge in [0.15, 0.2) is 0 Å². The van der Waals surface area contributed by atoms with Crippen molar-refractivity contribution in [3.8, 4) is 0 Å². The third-order valence-corrected chi connectivity index (χ3v) is 4.39. The van der Waals surface area contributed by atoms with Gasteiger partial charge >= 0.3 is 0 Å². The molecule has 3 rings (SSSR count). The SMILES string of the molecule is CS(=O)(=O)Nc1cccnc1Cc1cccc(Cc2ccccc2)c1. The third-order valence-electron chi connectivity index (χ3n) is 3.80. The lowest BCUT2D eigenvalue weighted by Crippen LogP contribution is -2.12. The van der Waals surface area contributed by atoms with Crippen LogP contribution in [0.3, 0.4) is 0 Å². The molecule has 128 valence electrons. The highest BCUT2D eigenvalue weighted by Crippen LogP contribution is 2.19. The van der Waals surface area contributed by atoms with Crippen LogP contribution in [0, 0.1) is 0 Å². The van der Waals surface area contributed by atoms with Gasteiger partial charge in [0.1, 0.15) is 0 Å². The average Bonchev–Trinajstić information content (AvgIpc) is 2.57. The summed E-state index contributed by atoms with van der Waals surface area (Å²) in [6, 6.07) is 22.1. The number of hydrogen-bond donors (Lipinski definition) is 1. The van der Waals surface area contributed by atoms with E-state index in [0.717, 1.165) is 18.2 Å². The molecule has 0 unspecified atom stereocenters. The Morgan fingerprint density at radius 3 is 2.24 bits per heavy atom. The lowest BCUT2D eigenvalue weighted by Gasteiger charge is -2.10. The molecule has 1 N–H and O–H groups in total. The van der Waals surface area contributed by atoms with Crippen molar-refractivity contribution in [1.82, 2.24) is 4.98 Å².